The van der Waals surface area contributed by atoms with E-state index in [2.05, 4.69) is 29.6 Å². The number of nitrogens with one attached hydrogen (secondary N) is 1. The minimum atomic E-state index is -3.47. The van der Waals surface area contributed by atoms with Crippen LogP contribution in [-0.2, 0) is 26.0 Å². The van der Waals surface area contributed by atoms with Crippen molar-refractivity contribution in [2.45, 2.75) is 69.5 Å². The Balaban J connectivity index is 1.10. The molecule has 4 bridgehead atoms. The summed E-state index contributed by atoms with van der Waals surface area (Å²) in [6.07, 6.45) is 9.73. The molecule has 1 N–H and O–H groups in total. The summed E-state index contributed by atoms with van der Waals surface area (Å²) in [5.74, 6) is 2.31. The van der Waals surface area contributed by atoms with Gasteiger partial charge in [0.25, 0.3) is 0 Å². The van der Waals surface area contributed by atoms with Crippen molar-refractivity contribution >= 4 is 21.6 Å². The molecule has 4 aliphatic carbocycles. The minimum Gasteiger partial charge on any atom is -0.326 e. The average Bonchev–Trinajstić information content (AvgIpc) is 2.85. The highest BCUT2D eigenvalue weighted by atomic mass is 32.2. The number of carbonyl (C=O) groups excluding carboxylic acids is 1. The molecule has 1 aliphatic heterocycles. The van der Waals surface area contributed by atoms with Crippen molar-refractivity contribution in [3.8, 4) is 0 Å². The maximum Gasteiger partial charge on any atom is 0.228 e. The molecule has 0 unspecified atom stereocenters. The lowest BCUT2D eigenvalue weighted by atomic mass is 9.48. The number of hydrogen-bond donors (Lipinski definition) is 1. The molecule has 5 aliphatic rings. The molecular weight excluding hydrogens is 468 g/mol. The van der Waals surface area contributed by atoms with Gasteiger partial charge in [-0.3, -0.25) is 4.79 Å². The van der Waals surface area contributed by atoms with Gasteiger partial charge in [0.2, 0.25) is 15.9 Å². The van der Waals surface area contributed by atoms with Crippen molar-refractivity contribution < 1.29 is 13.2 Å². The summed E-state index contributed by atoms with van der Waals surface area (Å²) in [5, 5.41) is 3.08. The SMILES string of the molecule is Cc1ccccc1CS(=O)(=O)N1CCC[C@H](C(=O)Nc2ccc(C34CC5CC(CC(C5)C3)C4)cc2)C1. The van der Waals surface area contributed by atoms with Gasteiger partial charge in [-0.1, -0.05) is 36.4 Å². The van der Waals surface area contributed by atoms with E-state index in [1.54, 1.807) is 0 Å². The summed E-state index contributed by atoms with van der Waals surface area (Å²) in [4.78, 5) is 13.1. The van der Waals surface area contributed by atoms with Crippen LogP contribution in [0.25, 0.3) is 0 Å². The maximum atomic E-state index is 13.1. The van der Waals surface area contributed by atoms with Gasteiger partial charge in [0.05, 0.1) is 11.7 Å². The molecule has 5 nitrogen and oxygen atoms in total. The molecule has 0 aromatic heterocycles. The van der Waals surface area contributed by atoms with Crippen molar-refractivity contribution in [2.75, 3.05) is 18.4 Å². The Hall–Kier alpha value is -2.18. The number of anilines is 1. The van der Waals surface area contributed by atoms with Crippen LogP contribution < -0.4 is 5.32 Å². The van der Waals surface area contributed by atoms with Gasteiger partial charge in [-0.05, 0) is 110 Å². The van der Waals surface area contributed by atoms with Gasteiger partial charge in [0.1, 0.15) is 0 Å². The van der Waals surface area contributed by atoms with Crippen LogP contribution in [0.4, 0.5) is 5.69 Å². The van der Waals surface area contributed by atoms with E-state index in [9.17, 15) is 13.2 Å². The Morgan fingerprint density at radius 2 is 1.61 bits per heavy atom. The van der Waals surface area contributed by atoms with Crippen molar-refractivity contribution in [1.29, 1.82) is 0 Å². The zero-order valence-corrected chi connectivity index (χ0v) is 22.1. The number of nitrogens with zero attached hydrogens (tertiary/aromatic N) is 1. The number of rotatable bonds is 6. The second-order valence-electron chi connectivity index (χ2n) is 12.1. The maximum absolute atomic E-state index is 13.1. The fourth-order valence-electron chi connectivity index (χ4n) is 8.08. The van der Waals surface area contributed by atoms with Crippen molar-refractivity contribution in [3.05, 3.63) is 65.2 Å². The molecule has 36 heavy (non-hydrogen) atoms. The van der Waals surface area contributed by atoms with E-state index in [0.717, 1.165) is 34.6 Å². The lowest BCUT2D eigenvalue weighted by molar-refractivity contribution is -0.120. The van der Waals surface area contributed by atoms with E-state index < -0.39 is 10.0 Å². The predicted molar refractivity (Wildman–Crippen MR) is 143 cm³/mol. The third-order valence-electron chi connectivity index (χ3n) is 9.55. The molecule has 0 spiro atoms. The normalized spacial score (nSPS) is 31.9. The van der Waals surface area contributed by atoms with Gasteiger partial charge in [0.15, 0.2) is 0 Å². The Morgan fingerprint density at radius 1 is 0.972 bits per heavy atom. The first-order valence-electron chi connectivity index (χ1n) is 13.7. The lowest BCUT2D eigenvalue weighted by Gasteiger charge is -2.57. The summed E-state index contributed by atoms with van der Waals surface area (Å²) in [6, 6.07) is 16.2. The Bertz CT molecular complexity index is 1200. The molecule has 2 aromatic carbocycles. The van der Waals surface area contributed by atoms with Crippen LogP contribution in [0.3, 0.4) is 0 Å². The highest BCUT2D eigenvalue weighted by Crippen LogP contribution is 2.60. The molecule has 1 saturated heterocycles. The first kappa shape index (κ1) is 24.2. The molecule has 192 valence electrons. The smallest absolute Gasteiger partial charge is 0.228 e. The number of hydrogen-bond acceptors (Lipinski definition) is 3. The molecule has 1 amide bonds. The molecule has 1 atom stereocenters. The van der Waals surface area contributed by atoms with E-state index in [-0.39, 0.29) is 24.1 Å². The number of amides is 1. The summed E-state index contributed by atoms with van der Waals surface area (Å²) >= 11 is 0. The van der Waals surface area contributed by atoms with Crippen LogP contribution in [0, 0.1) is 30.6 Å². The first-order chi connectivity index (χ1) is 17.3. The van der Waals surface area contributed by atoms with Gasteiger partial charge in [0, 0.05) is 18.8 Å². The highest BCUT2D eigenvalue weighted by Gasteiger charge is 2.51. The summed E-state index contributed by atoms with van der Waals surface area (Å²) in [6.45, 7) is 2.68. The lowest BCUT2D eigenvalue weighted by Crippen LogP contribution is -2.48. The molecule has 6 heteroatoms. The average molecular weight is 507 g/mol. The van der Waals surface area contributed by atoms with E-state index in [1.165, 1.54) is 48.4 Å². The van der Waals surface area contributed by atoms with E-state index in [1.807, 2.05) is 31.2 Å². The fraction of sp³-hybridized carbons (Fsp3) is 0.567. The zero-order chi connectivity index (χ0) is 24.9. The molecule has 0 radical (unpaired) electrons. The summed E-state index contributed by atoms with van der Waals surface area (Å²) in [5.41, 5.74) is 4.42. The quantitative estimate of drug-likeness (QED) is 0.551. The third kappa shape index (κ3) is 4.63. The second kappa shape index (κ2) is 9.29. The van der Waals surface area contributed by atoms with Crippen LogP contribution in [0.15, 0.2) is 48.5 Å². The number of sulfonamides is 1. The molecule has 2 aromatic rings. The van der Waals surface area contributed by atoms with Crippen LogP contribution >= 0.6 is 0 Å². The third-order valence-corrected chi connectivity index (χ3v) is 11.3. The topological polar surface area (TPSA) is 66.5 Å². The minimum absolute atomic E-state index is 0.0141. The summed E-state index contributed by atoms with van der Waals surface area (Å²) in [7, 11) is -3.47. The molecule has 1 heterocycles. The van der Waals surface area contributed by atoms with Gasteiger partial charge in [-0.2, -0.15) is 0 Å². The van der Waals surface area contributed by atoms with Gasteiger partial charge in [-0.15, -0.1) is 0 Å². The summed E-state index contributed by atoms with van der Waals surface area (Å²) < 4.78 is 27.8. The van der Waals surface area contributed by atoms with E-state index in [0.29, 0.717) is 24.8 Å². The monoisotopic (exact) mass is 506 g/mol. The van der Waals surface area contributed by atoms with Crippen molar-refractivity contribution in [1.82, 2.24) is 4.31 Å². The van der Waals surface area contributed by atoms with Gasteiger partial charge in [-0.25, -0.2) is 12.7 Å². The molecule has 4 saturated carbocycles. The van der Waals surface area contributed by atoms with Crippen molar-refractivity contribution in [2.24, 2.45) is 23.7 Å². The van der Waals surface area contributed by atoms with Crippen LogP contribution in [-0.4, -0.2) is 31.7 Å². The number of carbonyl (C=O) groups is 1. The van der Waals surface area contributed by atoms with Crippen molar-refractivity contribution in [3.63, 3.8) is 0 Å². The van der Waals surface area contributed by atoms with Gasteiger partial charge >= 0.3 is 0 Å². The van der Waals surface area contributed by atoms with E-state index in [4.69, 9.17) is 0 Å². The number of benzene rings is 2. The van der Waals surface area contributed by atoms with Crippen LogP contribution in [0.2, 0.25) is 0 Å². The Kier molecular flexibility index (Phi) is 6.24. The Morgan fingerprint density at radius 3 is 2.25 bits per heavy atom. The highest BCUT2D eigenvalue weighted by molar-refractivity contribution is 7.88. The number of piperidine rings is 1. The molecular formula is C30H38N2O3S. The van der Waals surface area contributed by atoms with Crippen LogP contribution in [0.1, 0.15) is 68.1 Å². The molecule has 7 rings (SSSR count). The largest absolute Gasteiger partial charge is 0.326 e. The van der Waals surface area contributed by atoms with Gasteiger partial charge < -0.3 is 5.32 Å². The van der Waals surface area contributed by atoms with Crippen LogP contribution in [0.5, 0.6) is 0 Å². The number of aryl methyl sites for hydroxylation is 1. The van der Waals surface area contributed by atoms with E-state index >= 15 is 0 Å². The second-order valence-corrected chi connectivity index (χ2v) is 14.1. The standard InChI is InChI=1S/C30H38N2O3S/c1-21-5-2-3-6-26(21)20-36(34,35)32-12-4-7-25(19-32)29(33)31-28-10-8-27(9-11-28)30-16-22-13-23(17-30)15-24(14-22)18-30/h2-3,5-6,8-11,22-25H,4,7,12-20H2,1H3,(H,31,33)/t22?,23?,24?,25-,30?/m0/s1. The molecule has 5 fully saturated rings. The first-order valence-corrected chi connectivity index (χ1v) is 15.3. The predicted octanol–water partition coefficient (Wildman–Crippen LogP) is 5.64. The Labute approximate surface area is 215 Å². The fourth-order valence-corrected chi connectivity index (χ4v) is 9.80. The zero-order valence-electron chi connectivity index (χ0n) is 21.3.